The molecule has 2 amide bonds. The highest BCUT2D eigenvalue weighted by atomic mass is 79.9. The largest absolute Gasteiger partial charge is 0.288 e. The summed E-state index contributed by atoms with van der Waals surface area (Å²) in [6.45, 7) is 0. The molecule has 114 valence electrons. The summed E-state index contributed by atoms with van der Waals surface area (Å²) in [5, 5.41) is 0.947. The summed E-state index contributed by atoms with van der Waals surface area (Å²) >= 11 is 3.30. The van der Waals surface area contributed by atoms with Crippen molar-refractivity contribution < 1.29 is 9.59 Å². The van der Waals surface area contributed by atoms with Crippen LogP contribution in [0.5, 0.6) is 0 Å². The second kappa shape index (κ2) is 6.58. The van der Waals surface area contributed by atoms with Gasteiger partial charge in [0.2, 0.25) is 0 Å². The molecule has 0 radical (unpaired) electrons. The molecule has 0 saturated heterocycles. The lowest BCUT2D eigenvalue weighted by molar-refractivity contribution is 0.0844. The molecular weight excluding hydrogens is 358 g/mol. The maximum atomic E-state index is 12.1. The van der Waals surface area contributed by atoms with Gasteiger partial charge in [-0.3, -0.25) is 20.4 Å². The summed E-state index contributed by atoms with van der Waals surface area (Å²) in [6, 6.07) is 17.7. The van der Waals surface area contributed by atoms with E-state index in [4.69, 9.17) is 0 Å². The van der Waals surface area contributed by atoms with Crippen LogP contribution in [0.2, 0.25) is 0 Å². The van der Waals surface area contributed by atoms with Crippen molar-refractivity contribution in [2.24, 2.45) is 0 Å². The molecule has 2 N–H and O–H groups in total. The van der Waals surface area contributed by atoms with Crippen LogP contribution in [0.4, 0.5) is 0 Å². The van der Waals surface area contributed by atoms with Crippen molar-refractivity contribution in [3.05, 3.63) is 76.4 Å². The van der Waals surface area contributed by atoms with E-state index in [0.29, 0.717) is 5.56 Å². The predicted molar refractivity (Wildman–Crippen MR) is 90.8 cm³/mol. The van der Waals surface area contributed by atoms with Crippen molar-refractivity contribution in [2.45, 2.75) is 0 Å². The van der Waals surface area contributed by atoms with Gasteiger partial charge in [0.1, 0.15) is 5.69 Å². The first kappa shape index (κ1) is 15.2. The summed E-state index contributed by atoms with van der Waals surface area (Å²) < 4.78 is 0.874. The van der Waals surface area contributed by atoms with Crippen LogP contribution in [0.15, 0.2) is 65.1 Å². The summed E-state index contributed by atoms with van der Waals surface area (Å²) in [6.07, 6.45) is 0. The second-order valence-corrected chi connectivity index (χ2v) is 5.72. The third-order valence-electron chi connectivity index (χ3n) is 3.23. The zero-order chi connectivity index (χ0) is 16.2. The number of amides is 2. The quantitative estimate of drug-likeness (QED) is 0.681. The monoisotopic (exact) mass is 369 g/mol. The van der Waals surface area contributed by atoms with Crippen LogP contribution in [-0.4, -0.2) is 16.8 Å². The SMILES string of the molecule is O=C(NNC(=O)c1ccc2ccccc2n1)c1ccc(Br)cc1. The topological polar surface area (TPSA) is 71.1 Å². The molecule has 2 aromatic carbocycles. The number of para-hydroxylation sites is 1. The van der Waals surface area contributed by atoms with Crippen molar-refractivity contribution >= 4 is 38.6 Å². The number of rotatable bonds is 2. The van der Waals surface area contributed by atoms with E-state index < -0.39 is 11.8 Å². The van der Waals surface area contributed by atoms with Crippen molar-refractivity contribution in [3.8, 4) is 0 Å². The van der Waals surface area contributed by atoms with Gasteiger partial charge in [-0.05, 0) is 36.4 Å². The van der Waals surface area contributed by atoms with E-state index in [-0.39, 0.29) is 5.69 Å². The van der Waals surface area contributed by atoms with Gasteiger partial charge in [-0.25, -0.2) is 4.98 Å². The normalized spacial score (nSPS) is 10.3. The molecule has 6 heteroatoms. The first-order valence-corrected chi connectivity index (χ1v) is 7.65. The molecule has 0 aliphatic carbocycles. The average Bonchev–Trinajstić information content (AvgIpc) is 2.59. The molecule has 3 aromatic rings. The van der Waals surface area contributed by atoms with Gasteiger partial charge in [0.25, 0.3) is 11.8 Å². The number of nitrogens with zero attached hydrogens (tertiary/aromatic N) is 1. The fourth-order valence-corrected chi connectivity index (χ4v) is 2.31. The van der Waals surface area contributed by atoms with Crippen molar-refractivity contribution in [1.29, 1.82) is 0 Å². The lowest BCUT2D eigenvalue weighted by Gasteiger charge is -2.07. The standard InChI is InChI=1S/C17H12BrN3O2/c18-13-8-5-12(6-9-13)16(22)20-21-17(23)15-10-7-11-3-1-2-4-14(11)19-15/h1-10H,(H,20,22)(H,21,23). The Bertz CT molecular complexity index is 878. The summed E-state index contributed by atoms with van der Waals surface area (Å²) in [4.78, 5) is 28.3. The van der Waals surface area contributed by atoms with E-state index in [0.717, 1.165) is 15.4 Å². The molecule has 0 aliphatic rings. The fourth-order valence-electron chi connectivity index (χ4n) is 2.04. The van der Waals surface area contributed by atoms with Crippen LogP contribution in [-0.2, 0) is 0 Å². The van der Waals surface area contributed by atoms with Crippen molar-refractivity contribution in [3.63, 3.8) is 0 Å². The summed E-state index contributed by atoms with van der Waals surface area (Å²) in [5.41, 5.74) is 6.14. The average molecular weight is 370 g/mol. The maximum Gasteiger partial charge on any atom is 0.288 e. The van der Waals surface area contributed by atoms with Gasteiger partial charge in [-0.2, -0.15) is 0 Å². The molecule has 0 atom stereocenters. The Morgan fingerprint density at radius 3 is 2.30 bits per heavy atom. The van der Waals surface area contributed by atoms with E-state index in [1.54, 1.807) is 30.3 Å². The Balaban J connectivity index is 1.68. The number of carbonyl (C=O) groups excluding carboxylic acids is 2. The van der Waals surface area contributed by atoms with Crippen molar-refractivity contribution in [2.75, 3.05) is 0 Å². The second-order valence-electron chi connectivity index (χ2n) is 4.80. The molecule has 23 heavy (non-hydrogen) atoms. The molecule has 0 unspecified atom stereocenters. The van der Waals surface area contributed by atoms with Crippen molar-refractivity contribution in [1.82, 2.24) is 15.8 Å². The zero-order valence-electron chi connectivity index (χ0n) is 11.9. The maximum absolute atomic E-state index is 12.1. The number of hydrogen-bond donors (Lipinski definition) is 2. The summed E-state index contributed by atoms with van der Waals surface area (Å²) in [7, 11) is 0. The molecule has 0 bridgehead atoms. The third-order valence-corrected chi connectivity index (χ3v) is 3.76. The van der Waals surface area contributed by atoms with Gasteiger partial charge >= 0.3 is 0 Å². The molecule has 1 aromatic heterocycles. The summed E-state index contributed by atoms with van der Waals surface area (Å²) in [5.74, 6) is -0.868. The van der Waals surface area contributed by atoms with Gasteiger partial charge in [0.05, 0.1) is 5.52 Å². The smallest absolute Gasteiger partial charge is 0.267 e. The molecule has 0 spiro atoms. The third kappa shape index (κ3) is 3.54. The van der Waals surface area contributed by atoms with Crippen LogP contribution >= 0.6 is 15.9 Å². The minimum absolute atomic E-state index is 0.236. The minimum Gasteiger partial charge on any atom is -0.267 e. The van der Waals surface area contributed by atoms with Gasteiger partial charge in [-0.1, -0.05) is 40.2 Å². The highest BCUT2D eigenvalue weighted by Crippen LogP contribution is 2.12. The van der Waals surface area contributed by atoms with Crippen LogP contribution in [0, 0.1) is 0 Å². The van der Waals surface area contributed by atoms with E-state index in [9.17, 15) is 9.59 Å². The Morgan fingerprint density at radius 2 is 1.52 bits per heavy atom. The zero-order valence-corrected chi connectivity index (χ0v) is 13.5. The molecule has 0 fully saturated rings. The minimum atomic E-state index is -0.471. The lowest BCUT2D eigenvalue weighted by Crippen LogP contribution is -2.41. The molecule has 1 heterocycles. The van der Waals surface area contributed by atoms with Crippen LogP contribution in [0.1, 0.15) is 20.8 Å². The highest BCUT2D eigenvalue weighted by molar-refractivity contribution is 9.10. The van der Waals surface area contributed by atoms with Crippen LogP contribution in [0.3, 0.4) is 0 Å². The van der Waals surface area contributed by atoms with Gasteiger partial charge < -0.3 is 0 Å². The number of nitrogens with one attached hydrogen (secondary N) is 2. The first-order chi connectivity index (χ1) is 11.1. The van der Waals surface area contributed by atoms with Gasteiger partial charge in [-0.15, -0.1) is 0 Å². The van der Waals surface area contributed by atoms with E-state index >= 15 is 0 Å². The number of hydrazine groups is 1. The first-order valence-electron chi connectivity index (χ1n) is 6.85. The van der Waals surface area contributed by atoms with E-state index in [1.807, 2.05) is 30.3 Å². The van der Waals surface area contributed by atoms with Gasteiger partial charge in [0, 0.05) is 15.4 Å². The molecular formula is C17H12BrN3O2. The number of fused-ring (bicyclic) bond motifs is 1. The van der Waals surface area contributed by atoms with E-state index in [2.05, 4.69) is 31.8 Å². The molecule has 0 saturated carbocycles. The number of carbonyl (C=O) groups is 2. The predicted octanol–water partition coefficient (Wildman–Crippen LogP) is 3.07. The van der Waals surface area contributed by atoms with Crippen LogP contribution in [0.25, 0.3) is 10.9 Å². The fraction of sp³-hybridized carbons (Fsp3) is 0. The number of benzene rings is 2. The Morgan fingerprint density at radius 1 is 0.826 bits per heavy atom. The van der Waals surface area contributed by atoms with Crippen LogP contribution < -0.4 is 10.9 Å². The molecule has 0 aliphatic heterocycles. The molecule has 5 nitrogen and oxygen atoms in total. The molecule has 3 rings (SSSR count). The van der Waals surface area contributed by atoms with Gasteiger partial charge in [0.15, 0.2) is 0 Å². The Hall–Kier alpha value is -2.73. The number of halogens is 1. The number of aromatic nitrogens is 1. The Kier molecular flexibility index (Phi) is 4.34. The highest BCUT2D eigenvalue weighted by Gasteiger charge is 2.10. The van der Waals surface area contributed by atoms with E-state index in [1.165, 1.54) is 0 Å². The lowest BCUT2D eigenvalue weighted by atomic mass is 10.2. The Labute approximate surface area is 140 Å². The number of hydrogen-bond acceptors (Lipinski definition) is 3. The number of pyridine rings is 1.